The molecule has 0 saturated heterocycles. The summed E-state index contributed by atoms with van der Waals surface area (Å²) < 4.78 is 66.2. The third kappa shape index (κ3) is 87.7. The quantitative estimate of drug-likeness (QED) is 0.0370. The summed E-state index contributed by atoms with van der Waals surface area (Å²) in [5, 5.41) is 0. The second-order valence-corrected chi connectivity index (χ2v) is 38.9. The molecule has 9 heteroatoms. The van der Waals surface area contributed by atoms with Crippen LogP contribution in [-0.4, -0.2) is 63.7 Å². The van der Waals surface area contributed by atoms with Crippen LogP contribution in [0.25, 0.3) is 0 Å². The van der Waals surface area contributed by atoms with Gasteiger partial charge in [-0.2, -0.15) is 0 Å². The van der Waals surface area contributed by atoms with Crippen LogP contribution in [0.2, 0.25) is 0 Å². The zero-order chi connectivity index (χ0) is 80.6. The van der Waals surface area contributed by atoms with Gasteiger partial charge in [0.2, 0.25) is 0 Å². The van der Waals surface area contributed by atoms with Gasteiger partial charge in [-0.1, -0.05) is 590 Å². The first-order valence-electron chi connectivity index (χ1n) is 51.2. The van der Waals surface area contributed by atoms with Crippen LogP contribution in [0.3, 0.4) is 0 Å². The van der Waals surface area contributed by atoms with Crippen LogP contribution in [0.5, 0.6) is 0 Å². The van der Waals surface area contributed by atoms with E-state index >= 15 is 0 Å². The van der Waals surface area contributed by atoms with Crippen LogP contribution >= 0.6 is 0 Å². The molecule has 0 fully saturated rings. The SMILES string of the molecule is CCCCCCCCCCCCCCCCCCCCCCCCCCCCCCCCCCCCCCCCCCCCCCc1ccc(S(=O)(=O)[O-])cc1.CCCCCCCCCCCCCCCCCCCCCCCCCCCCCCCCCCCCCCCCCCCCCCc1ccc(S(=O)(=O)[O-])cc1.[Ca+2]. The molecule has 6 nitrogen and oxygen atoms in total. The molecule has 0 unspecified atom stereocenters. The van der Waals surface area contributed by atoms with Crippen molar-refractivity contribution in [3.05, 3.63) is 59.7 Å². The average Bonchev–Trinajstić information content (AvgIpc) is 0.868. The van der Waals surface area contributed by atoms with Crippen LogP contribution in [0, 0.1) is 0 Å². The third-order valence-corrected chi connectivity index (χ3v) is 26.8. The smallest absolute Gasteiger partial charge is 0.744 e. The van der Waals surface area contributed by atoms with Gasteiger partial charge < -0.3 is 9.11 Å². The number of unbranched alkanes of at least 4 members (excludes halogenated alkanes) is 86. The van der Waals surface area contributed by atoms with Gasteiger partial charge in [0.05, 0.1) is 9.79 Å². The fourth-order valence-electron chi connectivity index (χ4n) is 17.3. The van der Waals surface area contributed by atoms with E-state index in [0.29, 0.717) is 0 Å². The molecular formula is C104H194CaO6S2. The monoisotopic (exact) mass is 1640 g/mol. The summed E-state index contributed by atoms with van der Waals surface area (Å²) in [5.74, 6) is 0. The summed E-state index contributed by atoms with van der Waals surface area (Å²) in [7, 11) is -8.67. The van der Waals surface area contributed by atoms with Crippen molar-refractivity contribution >= 4 is 58.0 Å². The van der Waals surface area contributed by atoms with E-state index in [0.717, 1.165) is 36.8 Å². The van der Waals surface area contributed by atoms with E-state index in [1.165, 1.54) is 576 Å². The van der Waals surface area contributed by atoms with Gasteiger partial charge in [0.1, 0.15) is 20.2 Å². The summed E-state index contributed by atoms with van der Waals surface area (Å²) in [6, 6.07) is 12.8. The molecule has 0 heterocycles. The van der Waals surface area contributed by atoms with E-state index in [-0.39, 0.29) is 47.5 Å². The fourth-order valence-corrected chi connectivity index (χ4v) is 18.2. The third-order valence-electron chi connectivity index (χ3n) is 25.1. The molecule has 2 rings (SSSR count). The number of benzene rings is 2. The Bertz CT molecular complexity index is 2180. The molecule has 2 aromatic rings. The zero-order valence-corrected chi connectivity index (χ0v) is 80.1. The van der Waals surface area contributed by atoms with Gasteiger partial charge in [-0.3, -0.25) is 0 Å². The Morgan fingerprint density at radius 3 is 0.336 bits per heavy atom. The predicted molar refractivity (Wildman–Crippen MR) is 500 cm³/mol. The van der Waals surface area contributed by atoms with Crippen molar-refractivity contribution in [2.75, 3.05) is 0 Å². The van der Waals surface area contributed by atoms with Gasteiger partial charge in [0.25, 0.3) is 0 Å². The average molecular weight is 1640 g/mol. The van der Waals surface area contributed by atoms with Gasteiger partial charge in [0.15, 0.2) is 0 Å². The first-order valence-corrected chi connectivity index (χ1v) is 54.0. The summed E-state index contributed by atoms with van der Waals surface area (Å²) in [6.45, 7) is 4.61. The van der Waals surface area contributed by atoms with Gasteiger partial charge in [0, 0.05) is 0 Å². The normalized spacial score (nSPS) is 11.8. The molecular weight excluding hydrogens is 1450 g/mol. The Balaban J connectivity index is 0.00000220. The Morgan fingerprint density at radius 2 is 0.248 bits per heavy atom. The first-order chi connectivity index (χ1) is 55.1. The standard InChI is InChI=1S/2C52H98O3S.Ca/c2*1-2-3-4-5-6-7-8-9-10-11-12-13-14-15-16-17-18-19-20-21-22-23-24-25-26-27-28-29-30-31-32-33-34-35-36-37-38-39-40-41-42-43-44-45-46-51-47-49-52(50-48-51)56(53,54)55;/h2*47-50H,2-46H2,1H3,(H,53,54,55);/q;;+2/p-2. The number of hydrogen-bond acceptors (Lipinski definition) is 6. The molecule has 113 heavy (non-hydrogen) atoms. The number of rotatable bonds is 92. The van der Waals surface area contributed by atoms with Gasteiger partial charge in [-0.15, -0.1) is 0 Å². The summed E-state index contributed by atoms with van der Waals surface area (Å²) >= 11 is 0. The molecule has 0 spiro atoms. The number of aryl methyl sites for hydroxylation is 2. The minimum absolute atomic E-state index is 0. The van der Waals surface area contributed by atoms with Crippen molar-refractivity contribution in [3.8, 4) is 0 Å². The fraction of sp³-hybridized carbons (Fsp3) is 0.885. The van der Waals surface area contributed by atoms with Crippen molar-refractivity contribution in [2.24, 2.45) is 0 Å². The minimum atomic E-state index is -4.33. The van der Waals surface area contributed by atoms with Crippen molar-refractivity contribution in [3.63, 3.8) is 0 Å². The Kier molecular flexibility index (Phi) is 91.9. The molecule has 660 valence electrons. The van der Waals surface area contributed by atoms with Crippen LogP contribution in [0.4, 0.5) is 0 Å². The van der Waals surface area contributed by atoms with Crippen LogP contribution < -0.4 is 0 Å². The van der Waals surface area contributed by atoms with Gasteiger partial charge in [-0.25, -0.2) is 16.8 Å². The predicted octanol–water partition coefficient (Wildman–Crippen LogP) is 36.3. The topological polar surface area (TPSA) is 114 Å². The molecule has 0 saturated carbocycles. The van der Waals surface area contributed by atoms with E-state index in [1.54, 1.807) is 24.3 Å². The molecule has 0 aliphatic rings. The Hall–Kier alpha value is -0.480. The van der Waals surface area contributed by atoms with Crippen LogP contribution in [0.15, 0.2) is 58.3 Å². The van der Waals surface area contributed by atoms with Gasteiger partial charge in [-0.05, 0) is 61.1 Å². The molecule has 2 aromatic carbocycles. The molecule has 0 amide bonds. The molecule has 0 bridgehead atoms. The van der Waals surface area contributed by atoms with Crippen molar-refractivity contribution in [1.82, 2.24) is 0 Å². The van der Waals surface area contributed by atoms with E-state index in [1.807, 2.05) is 0 Å². The molecule has 0 aliphatic carbocycles. The van der Waals surface area contributed by atoms with Gasteiger partial charge >= 0.3 is 37.7 Å². The summed E-state index contributed by atoms with van der Waals surface area (Å²) in [5.41, 5.74) is 2.23. The van der Waals surface area contributed by atoms with Crippen molar-refractivity contribution in [1.29, 1.82) is 0 Å². The van der Waals surface area contributed by atoms with Crippen LogP contribution in [0.1, 0.15) is 590 Å². The molecule has 0 radical (unpaired) electrons. The molecule has 0 aromatic heterocycles. The second-order valence-electron chi connectivity index (χ2n) is 36.1. The minimum Gasteiger partial charge on any atom is -0.744 e. The van der Waals surface area contributed by atoms with E-state index in [9.17, 15) is 25.9 Å². The number of hydrogen-bond donors (Lipinski definition) is 0. The van der Waals surface area contributed by atoms with Crippen molar-refractivity contribution < 1.29 is 25.9 Å². The Morgan fingerprint density at radius 1 is 0.159 bits per heavy atom. The summed E-state index contributed by atoms with van der Waals surface area (Å²) in [4.78, 5) is -0.262. The second kappa shape index (κ2) is 92.2. The zero-order valence-electron chi connectivity index (χ0n) is 76.2. The summed E-state index contributed by atoms with van der Waals surface area (Å²) in [6.07, 6.45) is 129. The van der Waals surface area contributed by atoms with Crippen LogP contribution in [-0.2, 0) is 33.1 Å². The first kappa shape index (κ1) is 113. The molecule has 0 aliphatic heterocycles. The maximum absolute atomic E-state index is 11.0. The van der Waals surface area contributed by atoms with E-state index in [4.69, 9.17) is 0 Å². The van der Waals surface area contributed by atoms with E-state index < -0.39 is 20.2 Å². The van der Waals surface area contributed by atoms with Crippen molar-refractivity contribution in [2.45, 2.75) is 602 Å². The molecule has 0 atom stereocenters. The Labute approximate surface area is 738 Å². The maximum atomic E-state index is 11.0. The maximum Gasteiger partial charge on any atom is 2.00 e. The largest absolute Gasteiger partial charge is 2.00 e. The van der Waals surface area contributed by atoms with E-state index in [2.05, 4.69) is 13.8 Å². The molecule has 0 N–H and O–H groups in total.